The Bertz CT molecular complexity index is 1080. The van der Waals surface area contributed by atoms with Crippen LogP contribution in [0, 0.1) is 6.92 Å². The molecule has 0 radical (unpaired) electrons. The highest BCUT2D eigenvalue weighted by molar-refractivity contribution is 5.64. The number of para-hydroxylation sites is 1. The van der Waals surface area contributed by atoms with Gasteiger partial charge in [0.25, 0.3) is 0 Å². The lowest BCUT2D eigenvalue weighted by molar-refractivity contribution is -0.137. The molecule has 0 aliphatic carbocycles. The van der Waals surface area contributed by atoms with Gasteiger partial charge < -0.3 is 0 Å². The number of halogens is 3. The van der Waals surface area contributed by atoms with E-state index in [1.807, 2.05) is 61.5 Å². The summed E-state index contributed by atoms with van der Waals surface area (Å²) in [5.41, 5.74) is 2.65. The average molecular weight is 379 g/mol. The van der Waals surface area contributed by atoms with Crippen molar-refractivity contribution in [1.82, 2.24) is 14.8 Å². The fraction of sp³-hybridized carbons (Fsp3) is 0.0909. The van der Waals surface area contributed by atoms with Gasteiger partial charge in [-0.25, -0.2) is 9.67 Å². The van der Waals surface area contributed by atoms with Gasteiger partial charge in [0.1, 0.15) is 0 Å². The van der Waals surface area contributed by atoms with Crippen LogP contribution in [0.4, 0.5) is 13.2 Å². The average Bonchev–Trinajstić information content (AvgIpc) is 3.14. The van der Waals surface area contributed by atoms with Gasteiger partial charge >= 0.3 is 6.18 Å². The van der Waals surface area contributed by atoms with E-state index in [-0.39, 0.29) is 0 Å². The molecule has 0 N–H and O–H groups in total. The molecule has 0 amide bonds. The Kier molecular flexibility index (Phi) is 4.47. The summed E-state index contributed by atoms with van der Waals surface area (Å²) in [5, 5.41) is 4.57. The van der Waals surface area contributed by atoms with Crippen molar-refractivity contribution in [2.24, 2.45) is 0 Å². The molecular weight excluding hydrogens is 363 g/mol. The zero-order chi connectivity index (χ0) is 19.7. The standard InChI is InChI=1S/C22H16F3N3/c1-15-7-9-17(10-8-15)21-26-20(27-28(21)19-5-3-2-4-6-19)16-11-13-18(14-12-16)22(23,24)25/h2-14H,1H3. The van der Waals surface area contributed by atoms with Crippen LogP contribution in [0.5, 0.6) is 0 Å². The minimum absolute atomic E-state index is 0.369. The fourth-order valence-electron chi connectivity index (χ4n) is 2.88. The van der Waals surface area contributed by atoms with Gasteiger partial charge in [0.05, 0.1) is 11.3 Å². The van der Waals surface area contributed by atoms with Crippen molar-refractivity contribution >= 4 is 0 Å². The Balaban J connectivity index is 1.82. The van der Waals surface area contributed by atoms with E-state index in [4.69, 9.17) is 0 Å². The van der Waals surface area contributed by atoms with E-state index in [1.54, 1.807) is 4.68 Å². The smallest absolute Gasteiger partial charge is 0.213 e. The van der Waals surface area contributed by atoms with Gasteiger partial charge in [-0.3, -0.25) is 0 Å². The molecule has 0 atom stereocenters. The van der Waals surface area contributed by atoms with Crippen LogP contribution in [0.2, 0.25) is 0 Å². The second-order valence-corrected chi connectivity index (χ2v) is 6.45. The zero-order valence-corrected chi connectivity index (χ0v) is 15.0. The summed E-state index contributed by atoms with van der Waals surface area (Å²) in [6, 6.07) is 22.3. The first-order chi connectivity index (χ1) is 13.4. The Labute approximate surface area is 160 Å². The van der Waals surface area contributed by atoms with Crippen LogP contribution in [0.15, 0.2) is 78.9 Å². The van der Waals surface area contributed by atoms with Gasteiger partial charge in [0, 0.05) is 11.1 Å². The van der Waals surface area contributed by atoms with Crippen LogP contribution in [0.25, 0.3) is 28.5 Å². The molecule has 1 aromatic heterocycles. The molecule has 6 heteroatoms. The Morgan fingerprint density at radius 3 is 1.96 bits per heavy atom. The van der Waals surface area contributed by atoms with Gasteiger partial charge in [-0.2, -0.15) is 13.2 Å². The molecule has 4 rings (SSSR count). The highest BCUT2D eigenvalue weighted by atomic mass is 19.4. The highest BCUT2D eigenvalue weighted by Crippen LogP contribution is 2.31. The molecule has 0 unspecified atom stereocenters. The predicted molar refractivity (Wildman–Crippen MR) is 102 cm³/mol. The molecular formula is C22H16F3N3. The summed E-state index contributed by atoms with van der Waals surface area (Å²) >= 11 is 0. The Hall–Kier alpha value is -3.41. The molecule has 140 valence electrons. The minimum atomic E-state index is -4.37. The quantitative estimate of drug-likeness (QED) is 0.442. The van der Waals surface area contributed by atoms with Gasteiger partial charge in [0.15, 0.2) is 11.6 Å². The maximum Gasteiger partial charge on any atom is 0.416 e. The molecule has 0 fully saturated rings. The van der Waals surface area contributed by atoms with Crippen molar-refractivity contribution in [3.8, 4) is 28.5 Å². The number of alkyl halides is 3. The van der Waals surface area contributed by atoms with Crippen molar-refractivity contribution < 1.29 is 13.2 Å². The van der Waals surface area contributed by atoms with E-state index in [0.717, 1.165) is 28.9 Å². The molecule has 0 saturated carbocycles. The molecule has 3 nitrogen and oxygen atoms in total. The summed E-state index contributed by atoms with van der Waals surface area (Å²) in [4.78, 5) is 4.62. The van der Waals surface area contributed by atoms with Gasteiger partial charge in [-0.1, -0.05) is 60.2 Å². The SMILES string of the molecule is Cc1ccc(-c2nc(-c3ccc(C(F)(F)F)cc3)nn2-c2ccccc2)cc1. The third kappa shape index (κ3) is 3.53. The molecule has 0 aliphatic heterocycles. The highest BCUT2D eigenvalue weighted by Gasteiger charge is 2.30. The lowest BCUT2D eigenvalue weighted by Gasteiger charge is -2.06. The second-order valence-electron chi connectivity index (χ2n) is 6.45. The van der Waals surface area contributed by atoms with Crippen LogP contribution in [-0.2, 0) is 6.18 Å². The van der Waals surface area contributed by atoms with Gasteiger partial charge in [-0.15, -0.1) is 5.10 Å². The number of aromatic nitrogens is 3. The van der Waals surface area contributed by atoms with Crippen molar-refractivity contribution in [1.29, 1.82) is 0 Å². The lowest BCUT2D eigenvalue weighted by atomic mass is 10.1. The number of rotatable bonds is 3. The Morgan fingerprint density at radius 1 is 0.750 bits per heavy atom. The maximum atomic E-state index is 12.8. The number of aryl methyl sites for hydroxylation is 1. The molecule has 0 saturated heterocycles. The van der Waals surface area contributed by atoms with E-state index in [2.05, 4.69) is 10.1 Å². The summed E-state index contributed by atoms with van der Waals surface area (Å²) < 4.78 is 40.2. The van der Waals surface area contributed by atoms with E-state index in [9.17, 15) is 13.2 Å². The number of benzene rings is 3. The molecule has 1 heterocycles. The zero-order valence-electron chi connectivity index (χ0n) is 15.0. The first-order valence-corrected chi connectivity index (χ1v) is 8.69. The third-order valence-corrected chi connectivity index (χ3v) is 4.39. The van der Waals surface area contributed by atoms with Crippen molar-refractivity contribution in [2.75, 3.05) is 0 Å². The van der Waals surface area contributed by atoms with Crippen LogP contribution in [-0.4, -0.2) is 14.8 Å². The number of nitrogens with zero attached hydrogens (tertiary/aromatic N) is 3. The van der Waals surface area contributed by atoms with E-state index in [1.165, 1.54) is 12.1 Å². The first-order valence-electron chi connectivity index (χ1n) is 8.69. The number of hydrogen-bond acceptors (Lipinski definition) is 2. The summed E-state index contributed by atoms with van der Waals surface area (Å²) in [6.45, 7) is 2.00. The largest absolute Gasteiger partial charge is 0.416 e. The summed E-state index contributed by atoms with van der Waals surface area (Å²) in [7, 11) is 0. The van der Waals surface area contributed by atoms with Crippen LogP contribution in [0.1, 0.15) is 11.1 Å². The first kappa shape index (κ1) is 18.0. The topological polar surface area (TPSA) is 30.7 Å². The van der Waals surface area contributed by atoms with E-state index < -0.39 is 11.7 Å². The van der Waals surface area contributed by atoms with Gasteiger partial charge in [0.2, 0.25) is 0 Å². The predicted octanol–water partition coefficient (Wildman–Crippen LogP) is 5.93. The van der Waals surface area contributed by atoms with Crippen molar-refractivity contribution in [2.45, 2.75) is 13.1 Å². The Morgan fingerprint density at radius 2 is 1.36 bits per heavy atom. The summed E-state index contributed by atoms with van der Waals surface area (Å²) in [5.74, 6) is 0.995. The molecule has 3 aromatic carbocycles. The summed E-state index contributed by atoms with van der Waals surface area (Å²) in [6.07, 6.45) is -4.37. The van der Waals surface area contributed by atoms with E-state index in [0.29, 0.717) is 17.2 Å². The third-order valence-electron chi connectivity index (χ3n) is 4.39. The van der Waals surface area contributed by atoms with Crippen LogP contribution in [0.3, 0.4) is 0 Å². The normalized spacial score (nSPS) is 11.6. The number of hydrogen-bond donors (Lipinski definition) is 0. The van der Waals surface area contributed by atoms with Crippen molar-refractivity contribution in [3.63, 3.8) is 0 Å². The van der Waals surface area contributed by atoms with Crippen molar-refractivity contribution in [3.05, 3.63) is 90.0 Å². The van der Waals surface area contributed by atoms with Crippen LogP contribution < -0.4 is 0 Å². The monoisotopic (exact) mass is 379 g/mol. The molecule has 4 aromatic rings. The molecule has 0 aliphatic rings. The lowest BCUT2D eigenvalue weighted by Crippen LogP contribution is -2.04. The second kappa shape index (κ2) is 6.96. The van der Waals surface area contributed by atoms with E-state index >= 15 is 0 Å². The maximum absolute atomic E-state index is 12.8. The van der Waals surface area contributed by atoms with Crippen LogP contribution >= 0.6 is 0 Å². The molecule has 0 spiro atoms. The fourth-order valence-corrected chi connectivity index (χ4v) is 2.88. The minimum Gasteiger partial charge on any atom is -0.213 e. The molecule has 28 heavy (non-hydrogen) atoms. The molecule has 0 bridgehead atoms. The van der Waals surface area contributed by atoms with Gasteiger partial charge in [-0.05, 0) is 31.2 Å².